The summed E-state index contributed by atoms with van der Waals surface area (Å²) < 4.78 is 0. The Kier molecular flexibility index (Phi) is 5.68. The largest absolute Gasteiger partial charge is 0.310 e. The van der Waals surface area contributed by atoms with Crippen LogP contribution in [0.1, 0.15) is 48.9 Å². The van der Waals surface area contributed by atoms with Crippen LogP contribution in [0.15, 0.2) is 42.7 Å². The normalized spacial score (nSPS) is 12.1. The molecule has 2 aromatic rings. The predicted octanol–water partition coefficient (Wildman–Crippen LogP) is 3.80. The zero-order valence-corrected chi connectivity index (χ0v) is 13.5. The molecular weight excluding hydrogens is 270 g/mol. The Morgan fingerprint density at radius 1 is 1.14 bits per heavy atom. The van der Waals surface area contributed by atoms with Gasteiger partial charge < -0.3 is 5.32 Å². The monoisotopic (exact) mass is 293 g/mol. The van der Waals surface area contributed by atoms with Crippen molar-refractivity contribution in [3.63, 3.8) is 0 Å². The number of pyridine rings is 1. The molecule has 0 bridgehead atoms. The minimum atomic E-state index is 0.342. The molecule has 0 amide bonds. The molecule has 114 valence electrons. The molecule has 1 N–H and O–H groups in total. The molecule has 3 heteroatoms. The number of benzene rings is 1. The van der Waals surface area contributed by atoms with Crippen molar-refractivity contribution >= 4 is 0 Å². The Morgan fingerprint density at radius 3 is 2.64 bits per heavy atom. The summed E-state index contributed by atoms with van der Waals surface area (Å²) in [5.41, 5.74) is 4.37. The molecule has 1 aromatic heterocycles. The molecule has 0 aliphatic carbocycles. The van der Waals surface area contributed by atoms with E-state index >= 15 is 0 Å². The lowest BCUT2D eigenvalue weighted by atomic mass is 9.93. The van der Waals surface area contributed by atoms with Crippen LogP contribution in [0, 0.1) is 11.3 Å². The molecule has 0 fully saturated rings. The predicted molar refractivity (Wildman–Crippen MR) is 89.5 cm³/mol. The Morgan fingerprint density at radius 2 is 1.91 bits per heavy atom. The van der Waals surface area contributed by atoms with Gasteiger partial charge in [0.2, 0.25) is 0 Å². The van der Waals surface area contributed by atoms with Gasteiger partial charge >= 0.3 is 0 Å². The maximum absolute atomic E-state index is 8.98. The van der Waals surface area contributed by atoms with Gasteiger partial charge in [-0.25, -0.2) is 0 Å². The highest BCUT2D eigenvalue weighted by atomic mass is 14.9. The molecule has 0 radical (unpaired) electrons. The van der Waals surface area contributed by atoms with Crippen molar-refractivity contribution in [2.45, 2.75) is 45.7 Å². The number of hydrogen-bond acceptors (Lipinski definition) is 3. The second-order valence-corrected chi connectivity index (χ2v) is 6.08. The van der Waals surface area contributed by atoms with Crippen LogP contribution in [-0.2, 0) is 13.0 Å². The zero-order chi connectivity index (χ0) is 15.9. The Labute approximate surface area is 133 Å². The molecule has 0 aliphatic heterocycles. The molecule has 2 rings (SSSR count). The summed E-state index contributed by atoms with van der Waals surface area (Å²) >= 11 is 0. The Bertz CT molecular complexity index is 656. The van der Waals surface area contributed by atoms with Crippen LogP contribution in [0.2, 0.25) is 0 Å². The van der Waals surface area contributed by atoms with Crippen LogP contribution < -0.4 is 5.32 Å². The first-order chi connectivity index (χ1) is 10.6. The van der Waals surface area contributed by atoms with Crippen LogP contribution in [0.3, 0.4) is 0 Å². The average Bonchev–Trinajstić information content (AvgIpc) is 2.53. The lowest BCUT2D eigenvalue weighted by Gasteiger charge is -2.13. The van der Waals surface area contributed by atoms with E-state index in [1.54, 1.807) is 6.20 Å². The zero-order valence-electron chi connectivity index (χ0n) is 13.5. The molecule has 0 saturated heterocycles. The van der Waals surface area contributed by atoms with E-state index in [0.29, 0.717) is 17.5 Å². The second kappa shape index (κ2) is 7.72. The number of hydrogen-bond donors (Lipinski definition) is 1. The molecule has 0 aliphatic rings. The summed E-state index contributed by atoms with van der Waals surface area (Å²) in [6.07, 6.45) is 4.41. The van der Waals surface area contributed by atoms with Crippen molar-refractivity contribution in [3.8, 4) is 6.07 Å². The van der Waals surface area contributed by atoms with Crippen LogP contribution >= 0.6 is 0 Å². The molecular formula is C19H23N3. The van der Waals surface area contributed by atoms with E-state index in [1.807, 2.05) is 12.3 Å². The van der Waals surface area contributed by atoms with E-state index in [2.05, 4.69) is 61.4 Å². The summed E-state index contributed by atoms with van der Waals surface area (Å²) in [6, 6.07) is 13.3. The van der Waals surface area contributed by atoms with Gasteiger partial charge in [-0.3, -0.25) is 4.98 Å². The van der Waals surface area contributed by atoms with E-state index in [4.69, 9.17) is 5.26 Å². The van der Waals surface area contributed by atoms with Gasteiger partial charge in [0.25, 0.3) is 0 Å². The third-order valence-corrected chi connectivity index (χ3v) is 3.71. The lowest BCUT2D eigenvalue weighted by molar-refractivity contribution is 0.588. The molecule has 0 saturated carbocycles. The number of nitrogens with one attached hydrogen (secondary N) is 1. The molecule has 0 spiro atoms. The van der Waals surface area contributed by atoms with Gasteiger partial charge in [-0.15, -0.1) is 0 Å². The second-order valence-electron chi connectivity index (χ2n) is 6.08. The highest BCUT2D eigenvalue weighted by Gasteiger charge is 2.09. The van der Waals surface area contributed by atoms with E-state index < -0.39 is 0 Å². The van der Waals surface area contributed by atoms with Crippen molar-refractivity contribution in [1.82, 2.24) is 10.3 Å². The van der Waals surface area contributed by atoms with Crippen LogP contribution in [0.25, 0.3) is 0 Å². The fourth-order valence-corrected chi connectivity index (χ4v) is 2.45. The van der Waals surface area contributed by atoms with Crippen LogP contribution in [0.5, 0.6) is 0 Å². The number of nitriles is 1. The summed E-state index contributed by atoms with van der Waals surface area (Å²) in [5.74, 6) is 0.342. The molecule has 1 unspecified atom stereocenters. The Balaban J connectivity index is 2.06. The van der Waals surface area contributed by atoms with Crippen molar-refractivity contribution < 1.29 is 0 Å². The van der Waals surface area contributed by atoms with Crippen molar-refractivity contribution in [3.05, 3.63) is 65.0 Å². The molecule has 1 heterocycles. The molecule has 1 atom stereocenters. The van der Waals surface area contributed by atoms with Crippen molar-refractivity contribution in [1.29, 1.82) is 5.26 Å². The van der Waals surface area contributed by atoms with Crippen molar-refractivity contribution in [2.75, 3.05) is 0 Å². The van der Waals surface area contributed by atoms with Crippen LogP contribution in [0.4, 0.5) is 0 Å². The van der Waals surface area contributed by atoms with E-state index in [-0.39, 0.29) is 0 Å². The highest BCUT2D eigenvalue weighted by Crippen LogP contribution is 2.21. The van der Waals surface area contributed by atoms with Gasteiger partial charge in [-0.1, -0.05) is 45.0 Å². The van der Waals surface area contributed by atoms with Gasteiger partial charge in [-0.2, -0.15) is 5.26 Å². The molecule has 3 nitrogen and oxygen atoms in total. The summed E-state index contributed by atoms with van der Waals surface area (Å²) in [7, 11) is 0. The van der Waals surface area contributed by atoms with E-state index in [9.17, 15) is 0 Å². The van der Waals surface area contributed by atoms with Crippen molar-refractivity contribution in [2.24, 2.45) is 0 Å². The highest BCUT2D eigenvalue weighted by molar-refractivity contribution is 5.32. The third-order valence-electron chi connectivity index (χ3n) is 3.71. The van der Waals surface area contributed by atoms with Gasteiger partial charge in [-0.05, 0) is 35.1 Å². The first-order valence-electron chi connectivity index (χ1n) is 7.74. The standard InChI is InChI=1S/C19H23N3/c1-14(2)22-12-17-6-4-5-16(8-17)7-15(3)19-9-18(10-20)11-21-13-19/h4-6,8-9,11,13-15,22H,7,12H2,1-3H3. The smallest absolute Gasteiger partial charge is 0.101 e. The van der Waals surface area contributed by atoms with E-state index in [0.717, 1.165) is 18.5 Å². The first kappa shape index (κ1) is 16.2. The lowest BCUT2D eigenvalue weighted by Crippen LogP contribution is -2.21. The minimum Gasteiger partial charge on any atom is -0.310 e. The first-order valence-corrected chi connectivity index (χ1v) is 7.74. The summed E-state index contributed by atoms with van der Waals surface area (Å²) in [4.78, 5) is 4.15. The maximum atomic E-state index is 8.98. The Hall–Kier alpha value is -2.18. The SMILES string of the molecule is CC(C)NCc1cccc(CC(C)c2cncc(C#N)c2)c1. The average molecular weight is 293 g/mol. The molecule has 22 heavy (non-hydrogen) atoms. The van der Waals surface area contributed by atoms with Gasteiger partial charge in [0, 0.05) is 25.0 Å². The van der Waals surface area contributed by atoms with Crippen LogP contribution in [-0.4, -0.2) is 11.0 Å². The van der Waals surface area contributed by atoms with Gasteiger partial charge in [0.05, 0.1) is 5.56 Å². The summed E-state index contributed by atoms with van der Waals surface area (Å²) in [5, 5.41) is 12.4. The summed E-state index contributed by atoms with van der Waals surface area (Å²) in [6.45, 7) is 7.38. The quantitative estimate of drug-likeness (QED) is 0.881. The minimum absolute atomic E-state index is 0.342. The van der Waals surface area contributed by atoms with E-state index in [1.165, 1.54) is 11.1 Å². The number of nitrogens with zero attached hydrogens (tertiary/aromatic N) is 2. The number of rotatable bonds is 6. The fourth-order valence-electron chi connectivity index (χ4n) is 2.45. The van der Waals surface area contributed by atoms with Gasteiger partial charge in [0.15, 0.2) is 0 Å². The molecule has 1 aromatic carbocycles. The van der Waals surface area contributed by atoms with Gasteiger partial charge in [0.1, 0.15) is 6.07 Å². The fraction of sp³-hybridized carbons (Fsp3) is 0.368. The third kappa shape index (κ3) is 4.68. The topological polar surface area (TPSA) is 48.7 Å². The number of aromatic nitrogens is 1. The maximum Gasteiger partial charge on any atom is 0.101 e.